The van der Waals surface area contributed by atoms with Gasteiger partial charge in [-0.25, -0.2) is 8.78 Å². The SMILES string of the molecule is BC(B)(c1cc(-c2cccc3c2oc2c(-c4ccc(-c5ccc(C)cc5)cc4)c(F)ccc23)ncc1F)C(C)(C)C. The van der Waals surface area contributed by atoms with Crippen LogP contribution < -0.4 is 0 Å². The van der Waals surface area contributed by atoms with Crippen LogP contribution in [0.3, 0.4) is 0 Å². The maximum absolute atomic E-state index is 15.5. The summed E-state index contributed by atoms with van der Waals surface area (Å²) in [7, 11) is 4.10. The average Bonchev–Trinajstić information content (AvgIpc) is 3.32. The van der Waals surface area contributed by atoms with Gasteiger partial charge in [-0.3, -0.25) is 4.98 Å². The minimum atomic E-state index is -0.447. The zero-order chi connectivity index (χ0) is 29.1. The topological polar surface area (TPSA) is 26.0 Å². The van der Waals surface area contributed by atoms with E-state index in [1.54, 1.807) is 6.07 Å². The number of hydrogen-bond acceptors (Lipinski definition) is 2. The summed E-state index contributed by atoms with van der Waals surface area (Å²) >= 11 is 0. The second-order valence-corrected chi connectivity index (χ2v) is 12.5. The van der Waals surface area contributed by atoms with Crippen molar-refractivity contribution >= 4 is 37.6 Å². The first-order chi connectivity index (χ1) is 19.5. The number of nitrogens with zero attached hydrogens (tertiary/aromatic N) is 1. The van der Waals surface area contributed by atoms with Crippen molar-refractivity contribution in [2.75, 3.05) is 0 Å². The van der Waals surface area contributed by atoms with Crippen LogP contribution in [0.15, 0.2) is 95.5 Å². The van der Waals surface area contributed by atoms with Crippen LogP contribution >= 0.6 is 0 Å². The van der Waals surface area contributed by atoms with Gasteiger partial charge in [0.05, 0.1) is 17.5 Å². The molecule has 0 amide bonds. The monoisotopic (exact) mass is 541 g/mol. The smallest absolute Gasteiger partial charge is 0.146 e. The van der Waals surface area contributed by atoms with Crippen LogP contribution in [0, 0.1) is 24.0 Å². The van der Waals surface area contributed by atoms with Crippen LogP contribution in [0.2, 0.25) is 0 Å². The zero-order valence-corrected chi connectivity index (χ0v) is 24.3. The summed E-state index contributed by atoms with van der Waals surface area (Å²) in [6.07, 6.45) is 1.29. The molecule has 4 aromatic carbocycles. The molecule has 202 valence electrons. The molecule has 0 aliphatic rings. The Kier molecular flexibility index (Phi) is 6.41. The standard InChI is InChI=1S/C35H31B2F2NO/c1-20-8-10-21(11-9-20)22-12-14-23(15-13-22)31-28(38)17-16-25-24-6-5-7-26(32(24)41-33(25)31)30-18-27(29(39)19-40-30)35(36,37)34(2,3)4/h5-19H,36-37H2,1-4H3. The normalized spacial score (nSPS) is 12.3. The number of aryl methyl sites for hydroxylation is 1. The van der Waals surface area contributed by atoms with Crippen molar-refractivity contribution < 1.29 is 13.2 Å². The molecule has 6 rings (SSSR count). The summed E-state index contributed by atoms with van der Waals surface area (Å²) < 4.78 is 37.0. The largest absolute Gasteiger partial charge is 0.455 e. The van der Waals surface area contributed by atoms with E-state index in [4.69, 9.17) is 4.42 Å². The molecule has 0 fully saturated rings. The van der Waals surface area contributed by atoms with Gasteiger partial charge >= 0.3 is 0 Å². The van der Waals surface area contributed by atoms with Crippen molar-refractivity contribution in [2.24, 2.45) is 5.41 Å². The van der Waals surface area contributed by atoms with Crippen molar-refractivity contribution in [2.45, 2.75) is 32.9 Å². The fourth-order valence-corrected chi connectivity index (χ4v) is 5.35. The summed E-state index contributed by atoms with van der Waals surface area (Å²) in [6.45, 7) is 8.38. The van der Waals surface area contributed by atoms with Gasteiger partial charge in [-0.15, -0.1) is 0 Å². The molecule has 2 heterocycles. The molecule has 6 aromatic rings. The highest BCUT2D eigenvalue weighted by atomic mass is 19.1. The number of rotatable bonds is 4. The Hall–Kier alpha value is -4.18. The predicted octanol–water partition coefficient (Wildman–Crippen LogP) is 8.03. The molecule has 0 N–H and O–H groups in total. The number of fused-ring (bicyclic) bond motifs is 3. The van der Waals surface area contributed by atoms with E-state index in [2.05, 4.69) is 72.6 Å². The van der Waals surface area contributed by atoms with Crippen molar-refractivity contribution in [3.05, 3.63) is 114 Å². The molecule has 2 aromatic heterocycles. The first-order valence-corrected chi connectivity index (χ1v) is 13.9. The minimum absolute atomic E-state index is 0.181. The molecule has 0 atom stereocenters. The van der Waals surface area contributed by atoms with Crippen LogP contribution in [-0.2, 0) is 5.21 Å². The number of aromatic nitrogens is 1. The summed E-state index contributed by atoms with van der Waals surface area (Å²) in [5.41, 5.74) is 7.38. The molecule has 41 heavy (non-hydrogen) atoms. The van der Waals surface area contributed by atoms with Gasteiger partial charge in [0.15, 0.2) is 0 Å². The average molecular weight is 541 g/mol. The van der Waals surface area contributed by atoms with E-state index in [1.807, 2.05) is 48.5 Å². The Morgan fingerprint density at radius 3 is 1.98 bits per heavy atom. The Morgan fingerprint density at radius 2 is 1.32 bits per heavy atom. The molecular formula is C35H31B2F2NO. The van der Waals surface area contributed by atoms with Crippen molar-refractivity contribution in [1.29, 1.82) is 0 Å². The number of pyridine rings is 1. The Labute approximate surface area is 241 Å². The van der Waals surface area contributed by atoms with Crippen molar-refractivity contribution in [3.63, 3.8) is 0 Å². The third kappa shape index (κ3) is 4.56. The van der Waals surface area contributed by atoms with Gasteiger partial charge in [-0.2, -0.15) is 0 Å². The maximum Gasteiger partial charge on any atom is 0.146 e. The molecule has 0 unspecified atom stereocenters. The first kappa shape index (κ1) is 27.0. The van der Waals surface area contributed by atoms with Crippen LogP contribution in [0.5, 0.6) is 0 Å². The van der Waals surface area contributed by atoms with E-state index in [0.29, 0.717) is 28.0 Å². The van der Waals surface area contributed by atoms with Gasteiger partial charge in [0, 0.05) is 16.3 Å². The minimum Gasteiger partial charge on any atom is -0.455 e. The lowest BCUT2D eigenvalue weighted by atomic mass is 9.41. The van der Waals surface area contributed by atoms with Gasteiger partial charge in [0.2, 0.25) is 0 Å². The highest BCUT2D eigenvalue weighted by Gasteiger charge is 2.36. The van der Waals surface area contributed by atoms with E-state index >= 15 is 8.78 Å². The van der Waals surface area contributed by atoms with E-state index in [-0.39, 0.29) is 17.0 Å². The van der Waals surface area contributed by atoms with Crippen LogP contribution in [0.1, 0.15) is 31.9 Å². The Balaban J connectivity index is 1.50. The molecule has 6 heteroatoms. The number of hydrogen-bond donors (Lipinski definition) is 0. The fourth-order valence-electron chi connectivity index (χ4n) is 5.35. The Bertz CT molecular complexity index is 1920. The Morgan fingerprint density at radius 1 is 0.707 bits per heavy atom. The number of halogens is 2. The van der Waals surface area contributed by atoms with Crippen LogP contribution in [0.4, 0.5) is 8.78 Å². The molecule has 2 nitrogen and oxygen atoms in total. The summed E-state index contributed by atoms with van der Waals surface area (Å²) in [5, 5.41) is 1.23. The number of benzene rings is 4. The highest BCUT2D eigenvalue weighted by Crippen LogP contribution is 2.43. The van der Waals surface area contributed by atoms with Crippen molar-refractivity contribution in [1.82, 2.24) is 4.98 Å². The summed E-state index contributed by atoms with van der Waals surface area (Å²) in [6, 6.07) is 27.1. The molecule has 0 saturated heterocycles. The lowest BCUT2D eigenvalue weighted by Gasteiger charge is -2.40. The quantitative estimate of drug-likeness (QED) is 0.211. The van der Waals surface area contributed by atoms with Gasteiger partial charge in [-0.05, 0) is 58.9 Å². The lowest BCUT2D eigenvalue weighted by molar-refractivity contribution is 0.349. The molecule has 0 bridgehead atoms. The number of para-hydroxylation sites is 1. The molecule has 0 aliphatic carbocycles. The predicted molar refractivity (Wildman–Crippen MR) is 171 cm³/mol. The first-order valence-electron chi connectivity index (χ1n) is 13.9. The lowest BCUT2D eigenvalue weighted by Crippen LogP contribution is -2.42. The molecule has 0 radical (unpaired) electrons. The van der Waals surface area contributed by atoms with E-state index in [9.17, 15) is 0 Å². The molecular weight excluding hydrogens is 510 g/mol. The van der Waals surface area contributed by atoms with Crippen LogP contribution in [-0.4, -0.2) is 20.7 Å². The summed E-state index contributed by atoms with van der Waals surface area (Å²) in [5.74, 6) is -0.681. The van der Waals surface area contributed by atoms with Gasteiger partial charge < -0.3 is 4.42 Å². The van der Waals surface area contributed by atoms with Gasteiger partial charge in [0.1, 0.15) is 38.5 Å². The molecule has 0 aliphatic heterocycles. The third-order valence-corrected chi connectivity index (χ3v) is 8.85. The zero-order valence-electron chi connectivity index (χ0n) is 24.3. The van der Waals surface area contributed by atoms with E-state index < -0.39 is 5.21 Å². The molecule has 0 spiro atoms. The van der Waals surface area contributed by atoms with Gasteiger partial charge in [-0.1, -0.05) is 92.2 Å². The third-order valence-electron chi connectivity index (χ3n) is 8.85. The maximum atomic E-state index is 15.5. The van der Waals surface area contributed by atoms with Crippen molar-refractivity contribution in [3.8, 4) is 33.5 Å². The fraction of sp³-hybridized carbons (Fsp3) is 0.171. The number of furan rings is 1. The van der Waals surface area contributed by atoms with Gasteiger partial charge in [0.25, 0.3) is 0 Å². The van der Waals surface area contributed by atoms with E-state index in [0.717, 1.165) is 33.0 Å². The second-order valence-electron chi connectivity index (χ2n) is 12.5. The second kappa shape index (κ2) is 9.73. The molecule has 0 saturated carbocycles. The van der Waals surface area contributed by atoms with Crippen LogP contribution in [0.25, 0.3) is 55.4 Å². The van der Waals surface area contributed by atoms with E-state index in [1.165, 1.54) is 17.8 Å². The summed E-state index contributed by atoms with van der Waals surface area (Å²) in [4.78, 5) is 4.46. The highest BCUT2D eigenvalue weighted by molar-refractivity contribution is 6.40.